The molecule has 3 aromatic rings. The van der Waals surface area contributed by atoms with Gasteiger partial charge in [-0.1, -0.05) is 49.3 Å². The Balaban J connectivity index is 1.63. The van der Waals surface area contributed by atoms with Crippen LogP contribution < -0.4 is 4.90 Å². The van der Waals surface area contributed by atoms with Gasteiger partial charge in [-0.25, -0.2) is 13.4 Å². The Morgan fingerprint density at radius 1 is 1.11 bits per heavy atom. The lowest BCUT2D eigenvalue weighted by atomic mass is 10.1. The highest BCUT2D eigenvalue weighted by Gasteiger charge is 2.31. The van der Waals surface area contributed by atoms with Crippen molar-refractivity contribution in [1.82, 2.24) is 14.2 Å². The SMILES string of the molecule is CCN(CC)CCN(C(=O)c1ccc(S(=O)(=O)N2CCCCC2C)cc1)c1nc2c(Cl)cccc2s1. The molecule has 7 nitrogen and oxygen atoms in total. The first-order valence-electron chi connectivity index (χ1n) is 12.5. The topological polar surface area (TPSA) is 73.8 Å². The molecule has 1 atom stereocenters. The first-order valence-corrected chi connectivity index (χ1v) is 15.1. The Hall–Kier alpha value is -2.04. The van der Waals surface area contributed by atoms with E-state index in [2.05, 4.69) is 23.7 Å². The van der Waals surface area contributed by atoms with Gasteiger partial charge in [0.25, 0.3) is 5.91 Å². The summed E-state index contributed by atoms with van der Waals surface area (Å²) in [6.45, 7) is 9.59. The molecule has 36 heavy (non-hydrogen) atoms. The molecule has 4 rings (SSSR count). The summed E-state index contributed by atoms with van der Waals surface area (Å²) in [5, 5.41) is 1.13. The summed E-state index contributed by atoms with van der Waals surface area (Å²) in [6, 6.07) is 11.9. The van der Waals surface area contributed by atoms with Crippen molar-refractivity contribution in [3.8, 4) is 0 Å². The quantitative estimate of drug-likeness (QED) is 0.353. The van der Waals surface area contributed by atoms with Crippen LogP contribution in [0.25, 0.3) is 10.2 Å². The van der Waals surface area contributed by atoms with Crippen LogP contribution in [-0.2, 0) is 10.0 Å². The molecule has 1 saturated heterocycles. The van der Waals surface area contributed by atoms with Gasteiger partial charge in [0.05, 0.1) is 14.6 Å². The standard InChI is InChI=1S/C26H33ClN4O3S2/c1-4-29(5-2)17-18-30(26-28-24-22(27)10-8-11-23(24)35-26)25(32)20-12-14-21(15-13-20)36(33,34)31-16-7-6-9-19(31)3/h8,10-15,19H,4-7,9,16-18H2,1-3H3. The van der Waals surface area contributed by atoms with E-state index in [1.807, 2.05) is 19.1 Å². The molecular weight excluding hydrogens is 516 g/mol. The third-order valence-corrected chi connectivity index (χ3v) is 10.2. The fourth-order valence-electron chi connectivity index (χ4n) is 4.57. The molecule has 1 amide bonds. The van der Waals surface area contributed by atoms with Crippen molar-refractivity contribution in [1.29, 1.82) is 0 Å². The van der Waals surface area contributed by atoms with Gasteiger partial charge in [-0.05, 0) is 69.3 Å². The first-order chi connectivity index (χ1) is 17.3. The van der Waals surface area contributed by atoms with Gasteiger partial charge in [-0.2, -0.15) is 4.31 Å². The van der Waals surface area contributed by atoms with Crippen molar-refractivity contribution in [3.63, 3.8) is 0 Å². The summed E-state index contributed by atoms with van der Waals surface area (Å²) >= 11 is 7.77. The van der Waals surface area contributed by atoms with E-state index < -0.39 is 10.0 Å². The number of halogens is 1. The van der Waals surface area contributed by atoms with Gasteiger partial charge in [0.2, 0.25) is 10.0 Å². The molecule has 0 spiro atoms. The third kappa shape index (κ3) is 5.60. The predicted molar refractivity (Wildman–Crippen MR) is 148 cm³/mol. The average molecular weight is 549 g/mol. The van der Waals surface area contributed by atoms with E-state index >= 15 is 0 Å². The van der Waals surface area contributed by atoms with Crippen molar-refractivity contribution < 1.29 is 13.2 Å². The summed E-state index contributed by atoms with van der Waals surface area (Å²) < 4.78 is 28.9. The highest BCUT2D eigenvalue weighted by Crippen LogP contribution is 2.33. The fraction of sp³-hybridized carbons (Fsp3) is 0.462. The van der Waals surface area contributed by atoms with Gasteiger partial charge < -0.3 is 4.90 Å². The van der Waals surface area contributed by atoms with Crippen LogP contribution in [-0.4, -0.2) is 67.3 Å². The van der Waals surface area contributed by atoms with Crippen LogP contribution in [0.1, 0.15) is 50.4 Å². The monoisotopic (exact) mass is 548 g/mol. The molecular formula is C26H33ClN4O3S2. The minimum atomic E-state index is -3.60. The summed E-state index contributed by atoms with van der Waals surface area (Å²) in [5.74, 6) is -0.215. The van der Waals surface area contributed by atoms with Crippen LogP contribution in [0, 0.1) is 0 Å². The van der Waals surface area contributed by atoms with Crippen molar-refractivity contribution in [2.45, 2.75) is 51.0 Å². The molecule has 1 aromatic heterocycles. The molecule has 194 valence electrons. The second kappa shape index (κ2) is 11.6. The number of nitrogens with zero attached hydrogens (tertiary/aromatic N) is 4. The Morgan fingerprint density at radius 3 is 2.47 bits per heavy atom. The summed E-state index contributed by atoms with van der Waals surface area (Å²) in [6.07, 6.45) is 2.78. The lowest BCUT2D eigenvalue weighted by Crippen LogP contribution is -2.42. The highest BCUT2D eigenvalue weighted by atomic mass is 35.5. The Kier molecular flexibility index (Phi) is 8.67. The zero-order chi connectivity index (χ0) is 25.9. The van der Waals surface area contributed by atoms with E-state index in [1.54, 1.807) is 39.5 Å². The molecule has 0 aliphatic carbocycles. The van der Waals surface area contributed by atoms with Gasteiger partial charge in [0.15, 0.2) is 5.13 Å². The van der Waals surface area contributed by atoms with Crippen LogP contribution in [0.15, 0.2) is 47.4 Å². The molecule has 2 aromatic carbocycles. The maximum atomic E-state index is 13.7. The molecule has 1 aliphatic rings. The summed E-state index contributed by atoms with van der Waals surface area (Å²) in [4.78, 5) is 22.5. The van der Waals surface area contributed by atoms with Crippen molar-refractivity contribution >= 4 is 54.2 Å². The summed E-state index contributed by atoms with van der Waals surface area (Å²) in [7, 11) is -3.60. The van der Waals surface area contributed by atoms with Crippen LogP contribution >= 0.6 is 22.9 Å². The van der Waals surface area contributed by atoms with E-state index in [0.717, 1.165) is 37.1 Å². The number of sulfonamides is 1. The second-order valence-corrected chi connectivity index (χ2v) is 12.4. The Morgan fingerprint density at radius 2 is 1.83 bits per heavy atom. The number of amides is 1. The molecule has 0 bridgehead atoms. The Bertz CT molecular complexity index is 1310. The largest absolute Gasteiger partial charge is 0.302 e. The van der Waals surface area contributed by atoms with E-state index in [-0.39, 0.29) is 16.8 Å². The number of para-hydroxylation sites is 1. The number of carbonyl (C=O) groups is 1. The zero-order valence-corrected chi connectivity index (χ0v) is 23.4. The Labute approximate surface area is 222 Å². The zero-order valence-electron chi connectivity index (χ0n) is 21.0. The van der Waals surface area contributed by atoms with Gasteiger partial charge >= 0.3 is 0 Å². The number of fused-ring (bicyclic) bond motifs is 1. The fourth-order valence-corrected chi connectivity index (χ4v) is 7.56. The lowest BCUT2D eigenvalue weighted by Gasteiger charge is -2.32. The number of hydrogen-bond acceptors (Lipinski definition) is 6. The molecule has 0 saturated carbocycles. The number of rotatable bonds is 9. The van der Waals surface area contributed by atoms with E-state index in [1.165, 1.54) is 11.3 Å². The number of hydrogen-bond donors (Lipinski definition) is 0. The van der Waals surface area contributed by atoms with Crippen LogP contribution in [0.3, 0.4) is 0 Å². The number of piperidine rings is 1. The van der Waals surface area contributed by atoms with Crippen LogP contribution in [0.4, 0.5) is 5.13 Å². The first kappa shape index (κ1) is 27.0. The van der Waals surface area contributed by atoms with Gasteiger partial charge in [0.1, 0.15) is 5.52 Å². The molecule has 2 heterocycles. The number of benzene rings is 2. The van der Waals surface area contributed by atoms with Crippen molar-refractivity contribution in [3.05, 3.63) is 53.1 Å². The van der Waals surface area contributed by atoms with Crippen LogP contribution in [0.5, 0.6) is 0 Å². The maximum Gasteiger partial charge on any atom is 0.260 e. The van der Waals surface area contributed by atoms with Crippen molar-refractivity contribution in [2.75, 3.05) is 37.6 Å². The van der Waals surface area contributed by atoms with Gasteiger partial charge in [-0.15, -0.1) is 0 Å². The normalized spacial score (nSPS) is 17.1. The van der Waals surface area contributed by atoms with Gasteiger partial charge in [0, 0.05) is 31.2 Å². The predicted octanol–water partition coefficient (Wildman–Crippen LogP) is 5.50. The average Bonchev–Trinajstić information content (AvgIpc) is 3.32. The van der Waals surface area contributed by atoms with E-state index in [9.17, 15) is 13.2 Å². The number of thiazole rings is 1. The maximum absolute atomic E-state index is 13.7. The minimum Gasteiger partial charge on any atom is -0.302 e. The van der Waals surface area contributed by atoms with Crippen molar-refractivity contribution in [2.24, 2.45) is 0 Å². The smallest absolute Gasteiger partial charge is 0.260 e. The molecule has 10 heteroatoms. The van der Waals surface area contributed by atoms with Crippen LogP contribution in [0.2, 0.25) is 5.02 Å². The summed E-state index contributed by atoms with van der Waals surface area (Å²) in [5.41, 5.74) is 1.10. The second-order valence-electron chi connectivity index (χ2n) is 9.05. The van der Waals surface area contributed by atoms with E-state index in [0.29, 0.717) is 40.9 Å². The van der Waals surface area contributed by atoms with Gasteiger partial charge in [-0.3, -0.25) is 9.69 Å². The number of carbonyl (C=O) groups excluding carboxylic acids is 1. The number of anilines is 1. The highest BCUT2D eigenvalue weighted by molar-refractivity contribution is 7.89. The van der Waals surface area contributed by atoms with E-state index in [4.69, 9.17) is 11.6 Å². The third-order valence-electron chi connectivity index (χ3n) is 6.82. The molecule has 1 aliphatic heterocycles. The molecule has 1 fully saturated rings. The lowest BCUT2D eigenvalue weighted by molar-refractivity contribution is 0.0983. The minimum absolute atomic E-state index is 0.0218. The molecule has 0 radical (unpaired) electrons. The number of aromatic nitrogens is 1. The molecule has 0 N–H and O–H groups in total. The number of likely N-dealkylation sites (N-methyl/N-ethyl adjacent to an activating group) is 1. The molecule has 1 unspecified atom stereocenters.